The van der Waals surface area contributed by atoms with Gasteiger partial charge in [-0.1, -0.05) is 12.1 Å². The molecule has 3 heterocycles. The van der Waals surface area contributed by atoms with E-state index in [4.69, 9.17) is 23.4 Å². The standard InChI is InChI=1S/C27H30O10/c1-13-25(30)20(28)10-23(34-13)36-16-5-3-15(4-6-16)19-12-33-22-9-17(7-8-18(22)27(19)32)37-24-11-21(29)26(31)14(2)35-24/h3-9,12-14,20-21,23-26,28-31H,10-11H2,1-2H3/t13-,14-,20-,21-,23-,24-,25+,26+/m0/s1. The summed E-state index contributed by atoms with van der Waals surface area (Å²) in [5.41, 5.74) is 1.12. The zero-order valence-electron chi connectivity index (χ0n) is 20.4. The summed E-state index contributed by atoms with van der Waals surface area (Å²) in [4.78, 5) is 13.2. The van der Waals surface area contributed by atoms with Crippen LogP contribution in [0.4, 0.5) is 0 Å². The summed E-state index contributed by atoms with van der Waals surface area (Å²) in [6, 6.07) is 11.7. The highest BCUT2D eigenvalue weighted by atomic mass is 16.7. The lowest BCUT2D eigenvalue weighted by atomic mass is 10.0. The smallest absolute Gasteiger partial charge is 0.202 e. The molecule has 1 aromatic heterocycles. The van der Waals surface area contributed by atoms with Gasteiger partial charge in [-0.25, -0.2) is 0 Å². The number of aliphatic hydroxyl groups excluding tert-OH is 4. The quantitative estimate of drug-likeness (QED) is 0.398. The monoisotopic (exact) mass is 514 g/mol. The van der Waals surface area contributed by atoms with Crippen LogP contribution in [-0.4, -0.2) is 69.6 Å². The molecule has 3 aromatic rings. The van der Waals surface area contributed by atoms with E-state index in [2.05, 4.69) is 0 Å². The first-order valence-corrected chi connectivity index (χ1v) is 12.2. The fraction of sp³-hybridized carbons (Fsp3) is 0.444. The second-order valence-corrected chi connectivity index (χ2v) is 9.53. The van der Waals surface area contributed by atoms with Gasteiger partial charge in [0.1, 0.15) is 35.6 Å². The van der Waals surface area contributed by atoms with E-state index in [0.29, 0.717) is 33.6 Å². The molecule has 0 aliphatic carbocycles. The average molecular weight is 515 g/mol. The fourth-order valence-corrected chi connectivity index (χ4v) is 4.60. The Morgan fingerprint density at radius 3 is 1.89 bits per heavy atom. The van der Waals surface area contributed by atoms with Crippen LogP contribution in [0.5, 0.6) is 11.5 Å². The molecular weight excluding hydrogens is 484 g/mol. The number of benzene rings is 2. The Labute approximate surface area is 212 Å². The maximum Gasteiger partial charge on any atom is 0.202 e. The third-order valence-electron chi connectivity index (χ3n) is 6.80. The van der Waals surface area contributed by atoms with Crippen molar-refractivity contribution in [1.29, 1.82) is 0 Å². The second-order valence-electron chi connectivity index (χ2n) is 9.53. The maximum absolute atomic E-state index is 13.2. The van der Waals surface area contributed by atoms with Crippen molar-refractivity contribution in [3.63, 3.8) is 0 Å². The third-order valence-corrected chi connectivity index (χ3v) is 6.80. The summed E-state index contributed by atoms with van der Waals surface area (Å²) in [5.74, 6) is 0.899. The van der Waals surface area contributed by atoms with Crippen molar-refractivity contribution in [2.45, 2.75) is 75.9 Å². The molecule has 5 rings (SSSR count). The molecule has 2 aliphatic heterocycles. The Balaban J connectivity index is 1.29. The summed E-state index contributed by atoms with van der Waals surface area (Å²) < 4.78 is 28.5. The zero-order valence-corrected chi connectivity index (χ0v) is 20.4. The summed E-state index contributed by atoms with van der Waals surface area (Å²) in [6.45, 7) is 3.32. The van der Waals surface area contributed by atoms with Crippen LogP contribution >= 0.6 is 0 Å². The molecule has 37 heavy (non-hydrogen) atoms. The van der Waals surface area contributed by atoms with Gasteiger partial charge in [0, 0.05) is 18.9 Å². The van der Waals surface area contributed by atoms with Crippen LogP contribution in [0, 0.1) is 0 Å². The number of rotatable bonds is 5. The lowest BCUT2D eigenvalue weighted by Gasteiger charge is -2.35. The van der Waals surface area contributed by atoms with E-state index >= 15 is 0 Å². The first-order chi connectivity index (χ1) is 17.7. The molecule has 2 saturated heterocycles. The highest BCUT2D eigenvalue weighted by molar-refractivity contribution is 5.82. The highest BCUT2D eigenvalue weighted by Gasteiger charge is 2.36. The van der Waals surface area contributed by atoms with Gasteiger partial charge in [-0.15, -0.1) is 0 Å². The summed E-state index contributed by atoms with van der Waals surface area (Å²) in [5, 5.41) is 39.9. The van der Waals surface area contributed by atoms with E-state index < -0.39 is 49.2 Å². The Bertz CT molecular complexity index is 1260. The topological polar surface area (TPSA) is 148 Å². The summed E-state index contributed by atoms with van der Waals surface area (Å²) >= 11 is 0. The van der Waals surface area contributed by atoms with Crippen LogP contribution in [0.25, 0.3) is 22.1 Å². The molecule has 4 N–H and O–H groups in total. The molecule has 0 bridgehead atoms. The van der Waals surface area contributed by atoms with Crippen molar-refractivity contribution in [2.75, 3.05) is 0 Å². The molecular formula is C27H30O10. The number of fused-ring (bicyclic) bond motifs is 1. The van der Waals surface area contributed by atoms with E-state index in [1.807, 2.05) is 0 Å². The average Bonchev–Trinajstić information content (AvgIpc) is 2.86. The lowest BCUT2D eigenvalue weighted by Crippen LogP contribution is -2.48. The molecule has 0 radical (unpaired) electrons. The minimum atomic E-state index is -0.972. The first kappa shape index (κ1) is 25.7. The van der Waals surface area contributed by atoms with E-state index in [-0.39, 0.29) is 18.3 Å². The van der Waals surface area contributed by atoms with Gasteiger partial charge >= 0.3 is 0 Å². The molecule has 0 unspecified atom stereocenters. The van der Waals surface area contributed by atoms with E-state index in [9.17, 15) is 25.2 Å². The normalized spacial score (nSPS) is 32.3. The van der Waals surface area contributed by atoms with Crippen LogP contribution in [-0.2, 0) is 9.47 Å². The van der Waals surface area contributed by atoms with Crippen LogP contribution < -0.4 is 14.9 Å². The lowest BCUT2D eigenvalue weighted by molar-refractivity contribution is -0.216. The molecule has 0 saturated carbocycles. The van der Waals surface area contributed by atoms with Gasteiger partial charge in [0.25, 0.3) is 0 Å². The van der Waals surface area contributed by atoms with Gasteiger partial charge in [-0.3, -0.25) is 4.79 Å². The number of hydrogen-bond donors (Lipinski definition) is 4. The number of ether oxygens (including phenoxy) is 4. The van der Waals surface area contributed by atoms with Gasteiger partial charge in [0.05, 0.1) is 35.4 Å². The van der Waals surface area contributed by atoms with Gasteiger partial charge in [0.2, 0.25) is 12.6 Å². The van der Waals surface area contributed by atoms with Gasteiger partial charge < -0.3 is 43.8 Å². The van der Waals surface area contributed by atoms with E-state index in [0.717, 1.165) is 0 Å². The Morgan fingerprint density at radius 2 is 1.32 bits per heavy atom. The fourth-order valence-electron chi connectivity index (χ4n) is 4.60. The first-order valence-electron chi connectivity index (χ1n) is 12.2. The number of hydrogen-bond acceptors (Lipinski definition) is 10. The summed E-state index contributed by atoms with van der Waals surface area (Å²) in [7, 11) is 0. The molecule has 2 fully saturated rings. The Kier molecular flexibility index (Phi) is 7.21. The van der Waals surface area contributed by atoms with Gasteiger partial charge in [-0.05, 0) is 43.7 Å². The van der Waals surface area contributed by atoms with Crippen molar-refractivity contribution in [1.82, 2.24) is 0 Å². The highest BCUT2D eigenvalue weighted by Crippen LogP contribution is 2.29. The largest absolute Gasteiger partial charge is 0.465 e. The molecule has 0 spiro atoms. The summed E-state index contributed by atoms with van der Waals surface area (Å²) in [6.07, 6.45) is -4.75. The molecule has 2 aliphatic rings. The molecule has 8 atom stereocenters. The van der Waals surface area contributed by atoms with Crippen molar-refractivity contribution in [3.8, 4) is 22.6 Å². The number of aliphatic hydroxyl groups is 4. The third kappa shape index (κ3) is 5.35. The maximum atomic E-state index is 13.2. The van der Waals surface area contributed by atoms with Gasteiger partial charge in [0.15, 0.2) is 5.43 Å². The van der Waals surface area contributed by atoms with Crippen molar-refractivity contribution >= 4 is 11.0 Å². The Morgan fingerprint density at radius 1 is 0.784 bits per heavy atom. The molecule has 0 amide bonds. The Hall–Kier alpha value is -2.99. The van der Waals surface area contributed by atoms with Crippen LogP contribution in [0.1, 0.15) is 26.7 Å². The molecule has 10 nitrogen and oxygen atoms in total. The molecule has 10 heteroatoms. The predicted molar refractivity (Wildman–Crippen MR) is 131 cm³/mol. The van der Waals surface area contributed by atoms with E-state index in [1.165, 1.54) is 6.26 Å². The minimum Gasteiger partial charge on any atom is -0.465 e. The van der Waals surface area contributed by atoms with Crippen molar-refractivity contribution in [2.24, 2.45) is 0 Å². The second kappa shape index (κ2) is 10.4. The van der Waals surface area contributed by atoms with Crippen molar-refractivity contribution in [3.05, 3.63) is 59.0 Å². The predicted octanol–water partition coefficient (Wildman–Crippen LogP) is 1.93. The molecule has 198 valence electrons. The van der Waals surface area contributed by atoms with Crippen molar-refractivity contribution < 1.29 is 43.8 Å². The van der Waals surface area contributed by atoms with Crippen LogP contribution in [0.3, 0.4) is 0 Å². The zero-order chi connectivity index (χ0) is 26.3. The van der Waals surface area contributed by atoms with Crippen LogP contribution in [0.2, 0.25) is 0 Å². The minimum absolute atomic E-state index is 0.112. The molecule has 2 aromatic carbocycles. The SMILES string of the molecule is C[C@@H]1O[C@@H](Oc2ccc(-c3coc4cc(O[C@H]5C[C@H](O)[C@H](O)[C@H](C)O5)ccc4c3=O)cc2)C[C@H](O)[C@@H]1O. The van der Waals surface area contributed by atoms with Crippen LogP contribution in [0.15, 0.2) is 57.9 Å². The van der Waals surface area contributed by atoms with E-state index in [1.54, 1.807) is 56.3 Å². The van der Waals surface area contributed by atoms with Gasteiger partial charge in [-0.2, -0.15) is 0 Å².